The van der Waals surface area contributed by atoms with Gasteiger partial charge in [0.2, 0.25) is 5.91 Å². The Morgan fingerprint density at radius 2 is 2.00 bits per heavy atom. The maximum Gasteiger partial charge on any atom is 0.387 e. The molecule has 24 heavy (non-hydrogen) atoms. The van der Waals surface area contributed by atoms with Crippen LogP contribution in [0.2, 0.25) is 0 Å². The van der Waals surface area contributed by atoms with E-state index in [4.69, 9.17) is 10.5 Å². The molecule has 1 amide bonds. The van der Waals surface area contributed by atoms with Crippen molar-refractivity contribution in [3.05, 3.63) is 23.8 Å². The molecule has 0 spiro atoms. The fraction of sp³-hybridized carbons (Fsp3) is 0.562. The van der Waals surface area contributed by atoms with Crippen molar-refractivity contribution in [1.82, 2.24) is 5.32 Å². The molecule has 0 aliphatic rings. The van der Waals surface area contributed by atoms with E-state index in [1.165, 1.54) is 6.07 Å². The van der Waals surface area contributed by atoms with Crippen LogP contribution in [0.1, 0.15) is 38.7 Å². The summed E-state index contributed by atoms with van der Waals surface area (Å²) in [6, 6.07) is 4.04. The van der Waals surface area contributed by atoms with Gasteiger partial charge in [-0.05, 0) is 25.0 Å². The number of nitrogens with one attached hydrogen (secondary N) is 1. The Balaban J connectivity index is 0.00000529. The minimum atomic E-state index is -2.95. The highest BCUT2D eigenvalue weighted by molar-refractivity contribution is 5.85. The first-order valence-electron chi connectivity index (χ1n) is 7.71. The van der Waals surface area contributed by atoms with Crippen LogP contribution < -0.4 is 20.5 Å². The van der Waals surface area contributed by atoms with Gasteiger partial charge in [0.05, 0.1) is 12.6 Å². The van der Waals surface area contributed by atoms with Gasteiger partial charge in [-0.1, -0.05) is 20.3 Å². The quantitative estimate of drug-likeness (QED) is 0.666. The van der Waals surface area contributed by atoms with Crippen LogP contribution >= 0.6 is 12.4 Å². The van der Waals surface area contributed by atoms with Gasteiger partial charge in [0.15, 0.2) is 0 Å². The summed E-state index contributed by atoms with van der Waals surface area (Å²) in [5, 5.41) is 2.63. The average Bonchev–Trinajstić information content (AvgIpc) is 2.51. The van der Waals surface area contributed by atoms with Crippen molar-refractivity contribution in [2.75, 3.05) is 6.61 Å². The number of ether oxygens (including phenoxy) is 2. The van der Waals surface area contributed by atoms with E-state index >= 15 is 0 Å². The zero-order valence-electron chi connectivity index (χ0n) is 13.9. The lowest BCUT2D eigenvalue weighted by Crippen LogP contribution is -2.40. The monoisotopic (exact) mass is 366 g/mol. The highest BCUT2D eigenvalue weighted by atomic mass is 35.5. The predicted molar refractivity (Wildman–Crippen MR) is 90.8 cm³/mol. The number of carbonyl (C=O) groups excluding carboxylic acids is 1. The average molecular weight is 367 g/mol. The fourth-order valence-electron chi connectivity index (χ4n) is 1.95. The van der Waals surface area contributed by atoms with Crippen molar-refractivity contribution >= 4 is 18.3 Å². The zero-order valence-corrected chi connectivity index (χ0v) is 14.7. The number of amides is 1. The minimum Gasteiger partial charge on any atom is -0.493 e. The Bertz CT molecular complexity index is 504. The largest absolute Gasteiger partial charge is 0.493 e. The van der Waals surface area contributed by atoms with Crippen LogP contribution in [0.3, 0.4) is 0 Å². The lowest BCUT2D eigenvalue weighted by Gasteiger charge is -2.15. The van der Waals surface area contributed by atoms with Crippen LogP contribution in [-0.2, 0) is 11.3 Å². The molecule has 0 aromatic heterocycles. The van der Waals surface area contributed by atoms with E-state index in [1.54, 1.807) is 12.1 Å². The molecule has 1 aromatic carbocycles. The maximum atomic E-state index is 12.5. The van der Waals surface area contributed by atoms with Gasteiger partial charge in [-0.2, -0.15) is 8.78 Å². The second-order valence-corrected chi connectivity index (χ2v) is 5.11. The van der Waals surface area contributed by atoms with Gasteiger partial charge in [-0.3, -0.25) is 4.79 Å². The molecule has 0 heterocycles. The van der Waals surface area contributed by atoms with E-state index < -0.39 is 12.7 Å². The van der Waals surface area contributed by atoms with E-state index in [9.17, 15) is 13.6 Å². The molecule has 1 rings (SSSR count). The summed E-state index contributed by atoms with van der Waals surface area (Å²) in [7, 11) is 0. The van der Waals surface area contributed by atoms with Gasteiger partial charge in [0.25, 0.3) is 0 Å². The smallest absolute Gasteiger partial charge is 0.387 e. The summed E-state index contributed by atoms with van der Waals surface area (Å²) >= 11 is 0. The van der Waals surface area contributed by atoms with E-state index in [2.05, 4.69) is 10.1 Å². The van der Waals surface area contributed by atoms with E-state index in [0.717, 1.165) is 12.8 Å². The highest BCUT2D eigenvalue weighted by Crippen LogP contribution is 2.26. The summed E-state index contributed by atoms with van der Waals surface area (Å²) in [6.45, 7) is 1.47. The maximum absolute atomic E-state index is 12.5. The van der Waals surface area contributed by atoms with Gasteiger partial charge < -0.3 is 20.5 Å². The Morgan fingerprint density at radius 3 is 2.58 bits per heavy atom. The van der Waals surface area contributed by atoms with Crippen molar-refractivity contribution in [3.63, 3.8) is 0 Å². The van der Waals surface area contributed by atoms with Crippen molar-refractivity contribution in [2.45, 2.75) is 52.3 Å². The summed E-state index contributed by atoms with van der Waals surface area (Å²) in [6.07, 6.45) is 2.16. The Kier molecular flexibility index (Phi) is 11.1. The minimum absolute atomic E-state index is 0. The van der Waals surface area contributed by atoms with Crippen LogP contribution in [0.5, 0.6) is 11.5 Å². The van der Waals surface area contributed by atoms with Gasteiger partial charge >= 0.3 is 6.61 Å². The Hall–Kier alpha value is -1.60. The summed E-state index contributed by atoms with van der Waals surface area (Å²) in [5.41, 5.74) is 6.14. The third-order valence-electron chi connectivity index (χ3n) is 3.12. The first kappa shape index (κ1) is 22.4. The summed E-state index contributed by atoms with van der Waals surface area (Å²) in [5.74, 6) is 0.111. The number of carbonyl (C=O) groups is 1. The summed E-state index contributed by atoms with van der Waals surface area (Å²) < 4.78 is 35.0. The van der Waals surface area contributed by atoms with Crippen LogP contribution in [-0.4, -0.2) is 25.2 Å². The first-order valence-corrected chi connectivity index (χ1v) is 7.71. The van der Waals surface area contributed by atoms with Crippen LogP contribution in [0.25, 0.3) is 0 Å². The molecule has 8 heteroatoms. The fourth-order valence-corrected chi connectivity index (χ4v) is 1.95. The lowest BCUT2D eigenvalue weighted by molar-refractivity contribution is -0.122. The number of hydrogen-bond acceptors (Lipinski definition) is 4. The molecule has 1 aromatic rings. The molecule has 0 bridgehead atoms. The molecular formula is C16H25ClF2N2O3. The molecule has 0 saturated carbocycles. The number of hydrogen-bond donors (Lipinski definition) is 2. The van der Waals surface area contributed by atoms with Crippen molar-refractivity contribution in [2.24, 2.45) is 5.73 Å². The third kappa shape index (κ3) is 7.79. The Labute approximate surface area is 147 Å². The number of nitrogens with two attached hydrogens (primary N) is 1. The molecule has 0 fully saturated rings. The van der Waals surface area contributed by atoms with E-state index in [0.29, 0.717) is 24.3 Å². The standard InChI is InChI=1S/C16H24F2N2O3.ClH/c1-3-5-13(19)15(21)20-10-11-6-7-12(22-8-4-2)9-14(11)23-16(17)18;/h6-7,9,13,16H,3-5,8,10,19H2,1-2H3,(H,20,21);1H. The molecule has 0 aliphatic heterocycles. The van der Waals surface area contributed by atoms with Gasteiger partial charge in [-0.25, -0.2) is 0 Å². The SMILES string of the molecule is CCCOc1ccc(CNC(=O)C(N)CCC)c(OC(F)F)c1.Cl. The number of halogens is 3. The van der Waals surface area contributed by atoms with Crippen LogP contribution in [0.4, 0.5) is 8.78 Å². The van der Waals surface area contributed by atoms with Gasteiger partial charge in [-0.15, -0.1) is 12.4 Å². The number of benzene rings is 1. The molecule has 0 saturated heterocycles. The molecule has 1 atom stereocenters. The second-order valence-electron chi connectivity index (χ2n) is 5.11. The van der Waals surface area contributed by atoms with Gasteiger partial charge in [0.1, 0.15) is 11.5 Å². The van der Waals surface area contributed by atoms with Gasteiger partial charge in [0, 0.05) is 18.2 Å². The van der Waals surface area contributed by atoms with Crippen molar-refractivity contribution < 1.29 is 23.0 Å². The molecule has 0 radical (unpaired) electrons. The molecular weight excluding hydrogens is 342 g/mol. The first-order chi connectivity index (χ1) is 11.0. The van der Waals surface area contributed by atoms with Crippen molar-refractivity contribution in [1.29, 1.82) is 0 Å². The molecule has 3 N–H and O–H groups in total. The van der Waals surface area contributed by atoms with Crippen molar-refractivity contribution in [3.8, 4) is 11.5 Å². The Morgan fingerprint density at radius 1 is 1.29 bits per heavy atom. The molecule has 1 unspecified atom stereocenters. The van der Waals surface area contributed by atoms with E-state index in [1.807, 2.05) is 13.8 Å². The van der Waals surface area contributed by atoms with Crippen LogP contribution in [0, 0.1) is 0 Å². The van der Waals surface area contributed by atoms with Crippen LogP contribution in [0.15, 0.2) is 18.2 Å². The topological polar surface area (TPSA) is 73.6 Å². The molecule has 5 nitrogen and oxygen atoms in total. The second kappa shape index (κ2) is 11.9. The number of alkyl halides is 2. The number of rotatable bonds is 10. The van der Waals surface area contributed by atoms with E-state index in [-0.39, 0.29) is 30.6 Å². The predicted octanol–water partition coefficient (Wildman–Crippen LogP) is 3.24. The molecule has 0 aliphatic carbocycles. The lowest BCUT2D eigenvalue weighted by atomic mass is 10.1. The zero-order chi connectivity index (χ0) is 17.2. The highest BCUT2D eigenvalue weighted by Gasteiger charge is 2.15. The normalized spacial score (nSPS) is 11.6. The molecule has 138 valence electrons. The summed E-state index contributed by atoms with van der Waals surface area (Å²) in [4.78, 5) is 11.8. The third-order valence-corrected chi connectivity index (χ3v) is 3.12.